The van der Waals surface area contributed by atoms with Crippen molar-refractivity contribution in [2.24, 2.45) is 14.1 Å². The number of nitrogens with zero attached hydrogens (tertiary/aromatic N) is 2. The summed E-state index contributed by atoms with van der Waals surface area (Å²) in [5.41, 5.74) is -1.38. The second-order valence-electron chi connectivity index (χ2n) is 4.92. The SMILES string of the molecule is Cn1cc(S(=O)(=O)N[C@H]2CCCNC2)c(=O)n(C)c1=O. The van der Waals surface area contributed by atoms with Crippen molar-refractivity contribution in [2.75, 3.05) is 13.1 Å². The molecule has 9 heteroatoms. The van der Waals surface area contributed by atoms with Gasteiger partial charge in [0.2, 0.25) is 10.0 Å². The molecule has 112 valence electrons. The molecule has 2 rings (SSSR count). The van der Waals surface area contributed by atoms with E-state index in [1.165, 1.54) is 14.1 Å². The maximum absolute atomic E-state index is 12.3. The van der Waals surface area contributed by atoms with Gasteiger partial charge in [0.25, 0.3) is 5.56 Å². The Hall–Kier alpha value is -1.45. The van der Waals surface area contributed by atoms with E-state index >= 15 is 0 Å². The highest BCUT2D eigenvalue weighted by atomic mass is 32.2. The molecule has 0 aliphatic carbocycles. The summed E-state index contributed by atoms with van der Waals surface area (Å²) in [4.78, 5) is 23.1. The lowest BCUT2D eigenvalue weighted by atomic mass is 10.1. The molecule has 1 saturated heterocycles. The number of nitrogens with one attached hydrogen (secondary N) is 2. The summed E-state index contributed by atoms with van der Waals surface area (Å²) < 4.78 is 28.9. The van der Waals surface area contributed by atoms with E-state index in [0.29, 0.717) is 6.54 Å². The summed E-state index contributed by atoms with van der Waals surface area (Å²) in [6, 6.07) is -0.240. The van der Waals surface area contributed by atoms with Crippen LogP contribution in [0.4, 0.5) is 0 Å². The lowest BCUT2D eigenvalue weighted by Crippen LogP contribution is -2.48. The molecule has 1 aromatic heterocycles. The van der Waals surface area contributed by atoms with E-state index < -0.39 is 26.2 Å². The van der Waals surface area contributed by atoms with Crippen LogP contribution >= 0.6 is 0 Å². The molecule has 0 aromatic carbocycles. The number of rotatable bonds is 3. The third kappa shape index (κ3) is 2.84. The molecule has 20 heavy (non-hydrogen) atoms. The van der Waals surface area contributed by atoms with Crippen LogP contribution in [0.3, 0.4) is 0 Å². The highest BCUT2D eigenvalue weighted by molar-refractivity contribution is 7.89. The highest BCUT2D eigenvalue weighted by Gasteiger charge is 2.25. The third-order valence-electron chi connectivity index (χ3n) is 3.32. The molecule has 0 spiro atoms. The van der Waals surface area contributed by atoms with Crippen molar-refractivity contribution in [3.8, 4) is 0 Å². The van der Waals surface area contributed by atoms with Gasteiger partial charge in [0.1, 0.15) is 0 Å². The Labute approximate surface area is 116 Å². The monoisotopic (exact) mass is 302 g/mol. The molecular weight excluding hydrogens is 284 g/mol. The summed E-state index contributed by atoms with van der Waals surface area (Å²) in [5, 5.41) is 3.09. The van der Waals surface area contributed by atoms with Crippen molar-refractivity contribution in [3.63, 3.8) is 0 Å². The van der Waals surface area contributed by atoms with Crippen molar-refractivity contribution in [2.45, 2.75) is 23.8 Å². The Kier molecular flexibility index (Phi) is 4.11. The van der Waals surface area contributed by atoms with E-state index in [1.54, 1.807) is 0 Å². The van der Waals surface area contributed by atoms with E-state index in [2.05, 4.69) is 10.0 Å². The Balaban J connectivity index is 2.39. The van der Waals surface area contributed by atoms with Crippen LogP contribution in [0.5, 0.6) is 0 Å². The van der Waals surface area contributed by atoms with Gasteiger partial charge in [-0.3, -0.25) is 9.36 Å². The maximum Gasteiger partial charge on any atom is 0.330 e. The zero-order valence-electron chi connectivity index (χ0n) is 11.4. The topological polar surface area (TPSA) is 102 Å². The molecule has 0 saturated carbocycles. The summed E-state index contributed by atoms with van der Waals surface area (Å²) in [6.07, 6.45) is 2.65. The van der Waals surface area contributed by atoms with Gasteiger partial charge in [-0.05, 0) is 19.4 Å². The van der Waals surface area contributed by atoms with Crippen molar-refractivity contribution >= 4 is 10.0 Å². The molecule has 0 amide bonds. The van der Waals surface area contributed by atoms with Crippen LogP contribution in [0.2, 0.25) is 0 Å². The zero-order valence-corrected chi connectivity index (χ0v) is 12.2. The van der Waals surface area contributed by atoms with E-state index in [4.69, 9.17) is 0 Å². The fourth-order valence-corrected chi connectivity index (χ4v) is 3.63. The molecule has 2 N–H and O–H groups in total. The molecule has 1 aliphatic heterocycles. The van der Waals surface area contributed by atoms with Crippen LogP contribution in [0.25, 0.3) is 0 Å². The normalized spacial score (nSPS) is 20.0. The number of aromatic nitrogens is 2. The average molecular weight is 302 g/mol. The molecule has 1 aliphatic rings. The molecule has 8 nitrogen and oxygen atoms in total. The van der Waals surface area contributed by atoms with Crippen LogP contribution in [0, 0.1) is 0 Å². The van der Waals surface area contributed by atoms with Gasteiger partial charge in [0, 0.05) is 32.9 Å². The number of piperidine rings is 1. The van der Waals surface area contributed by atoms with E-state index in [-0.39, 0.29) is 6.04 Å². The van der Waals surface area contributed by atoms with E-state index in [1.807, 2.05) is 0 Å². The van der Waals surface area contributed by atoms with Gasteiger partial charge < -0.3 is 9.88 Å². The van der Waals surface area contributed by atoms with Crippen LogP contribution in [-0.4, -0.2) is 36.7 Å². The highest BCUT2D eigenvalue weighted by Crippen LogP contribution is 2.07. The summed E-state index contributed by atoms with van der Waals surface area (Å²) in [5.74, 6) is 0. The zero-order chi connectivity index (χ0) is 14.9. The Morgan fingerprint density at radius 2 is 2.05 bits per heavy atom. The molecule has 0 bridgehead atoms. The standard InChI is InChI=1S/C11H18N4O4S/c1-14-7-9(10(16)15(2)11(14)17)20(18,19)13-8-4-3-5-12-6-8/h7-8,12-13H,3-6H2,1-2H3/t8-/m0/s1. The Morgan fingerprint density at radius 1 is 1.35 bits per heavy atom. The lowest BCUT2D eigenvalue weighted by Gasteiger charge is -2.23. The van der Waals surface area contributed by atoms with Crippen LogP contribution < -0.4 is 21.3 Å². The minimum Gasteiger partial charge on any atom is -0.315 e. The Morgan fingerprint density at radius 3 is 2.65 bits per heavy atom. The van der Waals surface area contributed by atoms with Gasteiger partial charge >= 0.3 is 5.69 Å². The fourth-order valence-electron chi connectivity index (χ4n) is 2.19. The largest absolute Gasteiger partial charge is 0.330 e. The molecule has 1 aromatic rings. The summed E-state index contributed by atoms with van der Waals surface area (Å²) in [7, 11) is -1.27. The predicted molar refractivity (Wildman–Crippen MR) is 73.1 cm³/mol. The van der Waals surface area contributed by atoms with Gasteiger partial charge in [0.05, 0.1) is 0 Å². The van der Waals surface area contributed by atoms with Crippen molar-refractivity contribution < 1.29 is 8.42 Å². The quantitative estimate of drug-likeness (QED) is 0.680. The van der Waals surface area contributed by atoms with Gasteiger partial charge in [-0.25, -0.2) is 17.9 Å². The van der Waals surface area contributed by atoms with E-state index in [0.717, 1.165) is 34.7 Å². The first-order valence-corrected chi connectivity index (χ1v) is 7.81. The summed E-state index contributed by atoms with van der Waals surface area (Å²) >= 11 is 0. The van der Waals surface area contributed by atoms with Gasteiger partial charge in [0.15, 0.2) is 4.90 Å². The van der Waals surface area contributed by atoms with Gasteiger partial charge in [-0.15, -0.1) is 0 Å². The second kappa shape index (κ2) is 5.51. The molecule has 0 unspecified atom stereocenters. The molecule has 1 fully saturated rings. The molecular formula is C11H18N4O4S. The maximum atomic E-state index is 12.3. The molecule has 2 heterocycles. The van der Waals surface area contributed by atoms with Crippen LogP contribution in [0.1, 0.15) is 12.8 Å². The number of hydrogen-bond donors (Lipinski definition) is 2. The number of hydrogen-bond acceptors (Lipinski definition) is 5. The predicted octanol–water partition coefficient (Wildman–Crippen LogP) is -1.89. The smallest absolute Gasteiger partial charge is 0.315 e. The van der Waals surface area contributed by atoms with Gasteiger partial charge in [-0.1, -0.05) is 0 Å². The van der Waals surface area contributed by atoms with E-state index in [9.17, 15) is 18.0 Å². The first-order valence-electron chi connectivity index (χ1n) is 6.32. The first kappa shape index (κ1) is 14.9. The fraction of sp³-hybridized carbons (Fsp3) is 0.636. The Bertz CT molecular complexity index is 713. The third-order valence-corrected chi connectivity index (χ3v) is 4.83. The average Bonchev–Trinajstić information content (AvgIpc) is 2.41. The minimum atomic E-state index is -3.94. The number of aryl methyl sites for hydroxylation is 1. The first-order chi connectivity index (χ1) is 9.33. The molecule has 1 atom stereocenters. The molecule has 0 radical (unpaired) electrons. The van der Waals surface area contributed by atoms with Crippen molar-refractivity contribution in [1.82, 2.24) is 19.2 Å². The van der Waals surface area contributed by atoms with Crippen molar-refractivity contribution in [1.29, 1.82) is 0 Å². The van der Waals surface area contributed by atoms with Gasteiger partial charge in [-0.2, -0.15) is 0 Å². The van der Waals surface area contributed by atoms with Crippen molar-refractivity contribution in [3.05, 3.63) is 27.0 Å². The summed E-state index contributed by atoms with van der Waals surface area (Å²) in [6.45, 7) is 1.39. The van der Waals surface area contributed by atoms with Crippen LogP contribution in [-0.2, 0) is 24.1 Å². The lowest BCUT2D eigenvalue weighted by molar-refractivity contribution is 0.428. The van der Waals surface area contributed by atoms with Crippen LogP contribution in [0.15, 0.2) is 20.7 Å². The number of sulfonamides is 1. The minimum absolute atomic E-state index is 0.240. The second-order valence-corrected chi connectivity index (χ2v) is 6.60.